The summed E-state index contributed by atoms with van der Waals surface area (Å²) in [5, 5.41) is 13.8. The number of para-hydroxylation sites is 1. The Labute approximate surface area is 123 Å². The van der Waals surface area contributed by atoms with Crippen LogP contribution in [0.5, 0.6) is 0 Å². The Balaban J connectivity index is 2.11. The van der Waals surface area contributed by atoms with E-state index in [0.29, 0.717) is 6.04 Å². The van der Waals surface area contributed by atoms with E-state index in [1.165, 1.54) is 18.2 Å². The summed E-state index contributed by atoms with van der Waals surface area (Å²) in [5.74, 6) is -0.349. The maximum Gasteiger partial charge on any atom is 0.292 e. The molecule has 0 radical (unpaired) electrons. The van der Waals surface area contributed by atoms with Crippen LogP contribution >= 0.6 is 0 Å². The molecule has 1 saturated heterocycles. The first-order chi connectivity index (χ1) is 9.90. The van der Waals surface area contributed by atoms with E-state index in [2.05, 4.69) is 24.2 Å². The number of nitro benzene ring substituents is 1. The van der Waals surface area contributed by atoms with Crippen molar-refractivity contribution in [2.24, 2.45) is 0 Å². The van der Waals surface area contributed by atoms with Gasteiger partial charge in [-0.2, -0.15) is 0 Å². The number of anilines is 1. The fourth-order valence-electron chi connectivity index (χ4n) is 2.59. The van der Waals surface area contributed by atoms with Gasteiger partial charge in [-0.05, 0) is 32.9 Å². The summed E-state index contributed by atoms with van der Waals surface area (Å²) < 4.78 is 0. The quantitative estimate of drug-likeness (QED) is 0.498. The van der Waals surface area contributed by atoms with Gasteiger partial charge < -0.3 is 16.0 Å². The molecular formula is C14H20N4O3. The van der Waals surface area contributed by atoms with E-state index in [1.807, 2.05) is 0 Å². The zero-order chi connectivity index (χ0) is 15.6. The topological polar surface area (TPSA) is 101 Å². The van der Waals surface area contributed by atoms with E-state index in [-0.39, 0.29) is 28.9 Å². The molecule has 2 rings (SSSR count). The zero-order valence-electron chi connectivity index (χ0n) is 12.2. The van der Waals surface area contributed by atoms with Crippen molar-refractivity contribution in [2.75, 3.05) is 19.3 Å². The number of nitrogens with two attached hydrogens (primary N) is 1. The van der Waals surface area contributed by atoms with E-state index in [1.54, 1.807) is 0 Å². The second kappa shape index (κ2) is 6.09. The molecule has 0 aliphatic carbocycles. The number of amides is 1. The molecule has 21 heavy (non-hydrogen) atoms. The molecule has 1 aliphatic rings. The van der Waals surface area contributed by atoms with Crippen molar-refractivity contribution < 1.29 is 9.72 Å². The Morgan fingerprint density at radius 3 is 2.86 bits per heavy atom. The summed E-state index contributed by atoms with van der Waals surface area (Å²) in [6.07, 6.45) is 1.72. The lowest BCUT2D eigenvalue weighted by Gasteiger charge is -2.35. The number of piperidine rings is 1. The van der Waals surface area contributed by atoms with Gasteiger partial charge >= 0.3 is 0 Å². The number of carbonyl (C=O) groups is 1. The number of benzene rings is 1. The number of likely N-dealkylation sites (tertiary alicyclic amines) is 1. The molecule has 0 spiro atoms. The van der Waals surface area contributed by atoms with Gasteiger partial charge in [0.05, 0.1) is 10.5 Å². The van der Waals surface area contributed by atoms with Gasteiger partial charge in [-0.15, -0.1) is 0 Å². The SMILES string of the molecule is CC1CC(NC(=O)c2cccc([N+](=O)[O-])c2N)CCN1C. The van der Waals surface area contributed by atoms with Crippen molar-refractivity contribution in [3.8, 4) is 0 Å². The first-order valence-corrected chi connectivity index (χ1v) is 6.94. The first kappa shape index (κ1) is 15.2. The van der Waals surface area contributed by atoms with Crippen LogP contribution in [-0.2, 0) is 0 Å². The number of carbonyl (C=O) groups excluding carboxylic acids is 1. The summed E-state index contributed by atoms with van der Waals surface area (Å²) in [7, 11) is 2.06. The lowest BCUT2D eigenvalue weighted by atomic mass is 9.98. The molecule has 2 atom stereocenters. The molecule has 1 amide bonds. The third-order valence-electron chi connectivity index (χ3n) is 4.07. The molecule has 1 aliphatic heterocycles. The smallest absolute Gasteiger partial charge is 0.292 e. The van der Waals surface area contributed by atoms with Crippen LogP contribution in [0.25, 0.3) is 0 Å². The normalized spacial score (nSPS) is 22.8. The second-order valence-corrected chi connectivity index (χ2v) is 5.52. The van der Waals surface area contributed by atoms with E-state index in [4.69, 9.17) is 5.73 Å². The van der Waals surface area contributed by atoms with Gasteiger partial charge in [0, 0.05) is 24.7 Å². The molecule has 1 aromatic rings. The lowest BCUT2D eigenvalue weighted by molar-refractivity contribution is -0.383. The zero-order valence-corrected chi connectivity index (χ0v) is 12.2. The maximum absolute atomic E-state index is 12.3. The Kier molecular flexibility index (Phi) is 4.42. The van der Waals surface area contributed by atoms with Crippen LogP contribution in [0.3, 0.4) is 0 Å². The molecule has 1 heterocycles. The van der Waals surface area contributed by atoms with Gasteiger partial charge in [0.15, 0.2) is 0 Å². The highest BCUT2D eigenvalue weighted by molar-refractivity contribution is 6.01. The molecule has 1 fully saturated rings. The van der Waals surface area contributed by atoms with Gasteiger partial charge in [0.1, 0.15) is 5.69 Å². The Morgan fingerprint density at radius 1 is 1.52 bits per heavy atom. The summed E-state index contributed by atoms with van der Waals surface area (Å²) in [5.41, 5.74) is 5.57. The van der Waals surface area contributed by atoms with Crippen LogP contribution in [0, 0.1) is 10.1 Å². The number of rotatable bonds is 3. The van der Waals surface area contributed by atoms with Crippen LogP contribution in [0.1, 0.15) is 30.1 Å². The van der Waals surface area contributed by atoms with E-state index < -0.39 is 4.92 Å². The van der Waals surface area contributed by atoms with Crippen LogP contribution in [-0.4, -0.2) is 41.4 Å². The Morgan fingerprint density at radius 2 is 2.24 bits per heavy atom. The lowest BCUT2D eigenvalue weighted by Crippen LogP contribution is -2.47. The van der Waals surface area contributed by atoms with Gasteiger partial charge in [0.2, 0.25) is 0 Å². The summed E-state index contributed by atoms with van der Waals surface area (Å²) in [6.45, 7) is 3.02. The fraction of sp³-hybridized carbons (Fsp3) is 0.500. The molecule has 114 valence electrons. The highest BCUT2D eigenvalue weighted by atomic mass is 16.6. The predicted molar refractivity (Wildman–Crippen MR) is 80.1 cm³/mol. The summed E-state index contributed by atoms with van der Waals surface area (Å²) in [6, 6.07) is 4.74. The second-order valence-electron chi connectivity index (χ2n) is 5.52. The van der Waals surface area contributed by atoms with E-state index in [9.17, 15) is 14.9 Å². The average molecular weight is 292 g/mol. The minimum Gasteiger partial charge on any atom is -0.393 e. The number of hydrogen-bond acceptors (Lipinski definition) is 5. The molecule has 0 bridgehead atoms. The van der Waals surface area contributed by atoms with E-state index >= 15 is 0 Å². The number of nitrogens with zero attached hydrogens (tertiary/aromatic N) is 2. The third kappa shape index (κ3) is 3.30. The molecule has 3 N–H and O–H groups in total. The number of hydrogen-bond donors (Lipinski definition) is 2. The number of nitrogen functional groups attached to an aromatic ring is 1. The largest absolute Gasteiger partial charge is 0.393 e. The van der Waals surface area contributed by atoms with Crippen LogP contribution in [0.2, 0.25) is 0 Å². The standard InChI is InChI=1S/C14H20N4O3/c1-9-8-10(6-7-17(9)2)16-14(19)11-4-3-5-12(13(11)15)18(20)21/h3-5,9-10H,6-8,15H2,1-2H3,(H,16,19). The molecule has 7 nitrogen and oxygen atoms in total. The average Bonchev–Trinajstić information content (AvgIpc) is 2.42. The monoisotopic (exact) mass is 292 g/mol. The van der Waals surface area contributed by atoms with Crippen molar-refractivity contribution in [1.29, 1.82) is 0 Å². The van der Waals surface area contributed by atoms with Crippen LogP contribution in [0.15, 0.2) is 18.2 Å². The Bertz CT molecular complexity index is 561. The van der Waals surface area contributed by atoms with Crippen molar-refractivity contribution in [1.82, 2.24) is 10.2 Å². The van der Waals surface area contributed by atoms with Crippen molar-refractivity contribution in [3.05, 3.63) is 33.9 Å². The van der Waals surface area contributed by atoms with Crippen LogP contribution in [0.4, 0.5) is 11.4 Å². The minimum atomic E-state index is -0.580. The minimum absolute atomic E-state index is 0.0716. The Hall–Kier alpha value is -2.15. The van der Waals surface area contributed by atoms with Gasteiger partial charge in [-0.3, -0.25) is 14.9 Å². The van der Waals surface area contributed by atoms with Crippen molar-refractivity contribution >= 4 is 17.3 Å². The van der Waals surface area contributed by atoms with Crippen molar-refractivity contribution in [2.45, 2.75) is 31.8 Å². The summed E-state index contributed by atoms with van der Waals surface area (Å²) in [4.78, 5) is 24.8. The molecule has 0 aromatic heterocycles. The first-order valence-electron chi connectivity index (χ1n) is 6.94. The molecular weight excluding hydrogens is 272 g/mol. The number of nitrogens with one attached hydrogen (secondary N) is 1. The molecule has 2 unspecified atom stereocenters. The molecule has 1 aromatic carbocycles. The predicted octanol–water partition coefficient (Wildman–Crippen LogP) is 1.39. The third-order valence-corrected chi connectivity index (χ3v) is 4.07. The molecule has 0 saturated carbocycles. The van der Waals surface area contributed by atoms with Crippen molar-refractivity contribution in [3.63, 3.8) is 0 Å². The maximum atomic E-state index is 12.3. The highest BCUT2D eigenvalue weighted by Gasteiger charge is 2.26. The fourth-order valence-corrected chi connectivity index (χ4v) is 2.59. The van der Waals surface area contributed by atoms with Crippen LogP contribution < -0.4 is 11.1 Å². The highest BCUT2D eigenvalue weighted by Crippen LogP contribution is 2.25. The number of nitro groups is 1. The van der Waals surface area contributed by atoms with Gasteiger partial charge in [-0.1, -0.05) is 6.07 Å². The van der Waals surface area contributed by atoms with Gasteiger partial charge in [0.25, 0.3) is 11.6 Å². The van der Waals surface area contributed by atoms with E-state index in [0.717, 1.165) is 19.4 Å². The summed E-state index contributed by atoms with van der Waals surface area (Å²) >= 11 is 0. The van der Waals surface area contributed by atoms with Gasteiger partial charge in [-0.25, -0.2) is 0 Å². The molecule has 7 heteroatoms.